The number of aliphatic carboxylic acids is 1. The van der Waals surface area contributed by atoms with E-state index in [1.165, 1.54) is 0 Å². The molecule has 1 aromatic rings. The standard InChI is InChI=1S/C14H15BrO5/c15-8-6-9-13(20-5-1-4-19-9)11(12(8)18)14(2-3-14)7-10(16)17/h6,18H,1-5,7H2,(H,16,17). The van der Waals surface area contributed by atoms with Crippen LogP contribution in [0, 0.1) is 0 Å². The summed E-state index contributed by atoms with van der Waals surface area (Å²) in [4.78, 5) is 11.1. The number of phenols is 1. The van der Waals surface area contributed by atoms with Crippen LogP contribution in [0.5, 0.6) is 17.2 Å². The van der Waals surface area contributed by atoms with Gasteiger partial charge in [-0.3, -0.25) is 4.79 Å². The molecule has 108 valence electrons. The molecule has 1 fully saturated rings. The molecular formula is C14H15BrO5. The highest BCUT2D eigenvalue weighted by Crippen LogP contribution is 2.60. The van der Waals surface area contributed by atoms with Gasteiger partial charge in [0.2, 0.25) is 0 Å². The lowest BCUT2D eigenvalue weighted by Gasteiger charge is -2.21. The van der Waals surface area contributed by atoms with Crippen molar-refractivity contribution in [3.05, 3.63) is 16.1 Å². The van der Waals surface area contributed by atoms with Crippen molar-refractivity contribution in [3.8, 4) is 17.2 Å². The lowest BCUT2D eigenvalue weighted by Crippen LogP contribution is -2.15. The summed E-state index contributed by atoms with van der Waals surface area (Å²) in [7, 11) is 0. The van der Waals surface area contributed by atoms with E-state index in [1.54, 1.807) is 6.07 Å². The Kier molecular flexibility index (Phi) is 3.28. The van der Waals surface area contributed by atoms with Gasteiger partial charge in [0.1, 0.15) is 5.75 Å². The van der Waals surface area contributed by atoms with E-state index < -0.39 is 11.4 Å². The number of halogens is 1. The van der Waals surface area contributed by atoms with Crippen molar-refractivity contribution in [1.29, 1.82) is 0 Å². The van der Waals surface area contributed by atoms with Crippen LogP contribution in [-0.2, 0) is 10.2 Å². The van der Waals surface area contributed by atoms with E-state index in [0.29, 0.717) is 34.7 Å². The van der Waals surface area contributed by atoms with Gasteiger partial charge < -0.3 is 19.7 Å². The Hall–Kier alpha value is -1.43. The third kappa shape index (κ3) is 2.22. The minimum absolute atomic E-state index is 0.00713. The third-order valence-electron chi connectivity index (χ3n) is 3.84. The summed E-state index contributed by atoms with van der Waals surface area (Å²) in [5.41, 5.74) is 0.0449. The summed E-state index contributed by atoms with van der Waals surface area (Å²) < 4.78 is 11.9. The number of phenolic OH excluding ortho intramolecular Hbond substituents is 1. The van der Waals surface area contributed by atoms with Crippen molar-refractivity contribution in [2.75, 3.05) is 13.2 Å². The minimum Gasteiger partial charge on any atom is -0.506 e. The largest absolute Gasteiger partial charge is 0.506 e. The van der Waals surface area contributed by atoms with E-state index in [9.17, 15) is 9.90 Å². The van der Waals surface area contributed by atoms with Crippen molar-refractivity contribution in [1.82, 2.24) is 0 Å². The molecule has 0 spiro atoms. The number of carbonyl (C=O) groups is 1. The van der Waals surface area contributed by atoms with Crippen molar-refractivity contribution < 1.29 is 24.5 Å². The number of carboxylic acid groups (broad SMARTS) is 1. The maximum atomic E-state index is 11.1. The lowest BCUT2D eigenvalue weighted by atomic mass is 9.90. The first-order chi connectivity index (χ1) is 9.53. The number of benzene rings is 1. The van der Waals surface area contributed by atoms with Gasteiger partial charge in [-0.2, -0.15) is 0 Å². The molecule has 5 nitrogen and oxygen atoms in total. The molecule has 1 aromatic carbocycles. The zero-order valence-corrected chi connectivity index (χ0v) is 12.4. The van der Waals surface area contributed by atoms with Crippen LogP contribution in [0.4, 0.5) is 0 Å². The molecule has 1 saturated carbocycles. The highest BCUT2D eigenvalue weighted by molar-refractivity contribution is 9.10. The minimum atomic E-state index is -0.870. The first-order valence-corrected chi connectivity index (χ1v) is 7.36. The Bertz CT molecular complexity index is 565. The fourth-order valence-electron chi connectivity index (χ4n) is 2.71. The summed E-state index contributed by atoms with van der Waals surface area (Å²) in [6, 6.07) is 1.68. The highest BCUT2D eigenvalue weighted by atomic mass is 79.9. The zero-order valence-electron chi connectivity index (χ0n) is 10.8. The number of rotatable bonds is 3. The second kappa shape index (κ2) is 4.84. The Morgan fingerprint density at radius 3 is 2.70 bits per heavy atom. The molecule has 20 heavy (non-hydrogen) atoms. The van der Waals surface area contributed by atoms with Gasteiger partial charge in [0.05, 0.1) is 24.1 Å². The monoisotopic (exact) mass is 342 g/mol. The predicted octanol–water partition coefficient (Wildman–Crippen LogP) is 2.82. The second-order valence-corrected chi connectivity index (χ2v) is 6.16. The van der Waals surface area contributed by atoms with Crippen LogP contribution in [0.25, 0.3) is 0 Å². The number of aromatic hydroxyl groups is 1. The molecule has 0 aromatic heterocycles. The zero-order chi connectivity index (χ0) is 14.3. The van der Waals surface area contributed by atoms with Gasteiger partial charge in [0.15, 0.2) is 11.5 Å². The molecule has 2 N–H and O–H groups in total. The maximum absolute atomic E-state index is 11.1. The Balaban J connectivity index is 2.14. The van der Waals surface area contributed by atoms with Gasteiger partial charge in [-0.25, -0.2) is 0 Å². The average Bonchev–Trinajstić information content (AvgIpc) is 3.15. The van der Waals surface area contributed by atoms with Crippen LogP contribution >= 0.6 is 15.9 Å². The summed E-state index contributed by atoms with van der Waals surface area (Å²) in [6.07, 6.45) is 2.23. The van der Waals surface area contributed by atoms with Crippen LogP contribution in [-0.4, -0.2) is 29.4 Å². The van der Waals surface area contributed by atoms with Gasteiger partial charge in [-0.05, 0) is 28.8 Å². The molecule has 3 rings (SSSR count). The van der Waals surface area contributed by atoms with Crippen LogP contribution in [0.15, 0.2) is 10.5 Å². The van der Waals surface area contributed by atoms with Crippen molar-refractivity contribution >= 4 is 21.9 Å². The molecule has 1 heterocycles. The number of carboxylic acids is 1. The molecule has 0 radical (unpaired) electrons. The molecule has 1 aliphatic heterocycles. The molecular weight excluding hydrogens is 328 g/mol. The first-order valence-electron chi connectivity index (χ1n) is 6.57. The number of hydrogen-bond donors (Lipinski definition) is 2. The van der Waals surface area contributed by atoms with Gasteiger partial charge in [-0.1, -0.05) is 0 Å². The Morgan fingerprint density at radius 2 is 2.05 bits per heavy atom. The number of fused-ring (bicyclic) bond motifs is 1. The van der Waals surface area contributed by atoms with Gasteiger partial charge in [-0.15, -0.1) is 0 Å². The fourth-order valence-corrected chi connectivity index (χ4v) is 3.12. The van der Waals surface area contributed by atoms with Crippen LogP contribution in [0.2, 0.25) is 0 Å². The molecule has 6 heteroatoms. The smallest absolute Gasteiger partial charge is 0.304 e. The van der Waals surface area contributed by atoms with Crippen molar-refractivity contribution in [3.63, 3.8) is 0 Å². The third-order valence-corrected chi connectivity index (χ3v) is 4.44. The molecule has 0 amide bonds. The highest BCUT2D eigenvalue weighted by Gasteiger charge is 2.50. The molecule has 0 unspecified atom stereocenters. The van der Waals surface area contributed by atoms with Gasteiger partial charge in [0.25, 0.3) is 0 Å². The van der Waals surface area contributed by atoms with Crippen LogP contribution in [0.3, 0.4) is 0 Å². The summed E-state index contributed by atoms with van der Waals surface area (Å²) in [5.74, 6) is 0.263. The first kappa shape index (κ1) is 13.5. The van der Waals surface area contributed by atoms with E-state index in [4.69, 9.17) is 14.6 Å². The molecule has 0 bridgehead atoms. The van der Waals surface area contributed by atoms with E-state index >= 15 is 0 Å². The van der Waals surface area contributed by atoms with Crippen LogP contribution < -0.4 is 9.47 Å². The molecule has 0 saturated heterocycles. The summed E-state index contributed by atoms with van der Waals surface area (Å²) in [6.45, 7) is 1.06. The van der Waals surface area contributed by atoms with E-state index in [0.717, 1.165) is 19.3 Å². The van der Waals surface area contributed by atoms with Crippen molar-refractivity contribution in [2.24, 2.45) is 0 Å². The van der Waals surface area contributed by atoms with E-state index in [2.05, 4.69) is 15.9 Å². The van der Waals surface area contributed by atoms with E-state index in [-0.39, 0.29) is 12.2 Å². The number of ether oxygens (including phenoxy) is 2. The molecule has 0 atom stereocenters. The Morgan fingerprint density at radius 1 is 1.35 bits per heavy atom. The normalized spacial score (nSPS) is 19.2. The van der Waals surface area contributed by atoms with E-state index in [1.807, 2.05) is 0 Å². The molecule has 2 aliphatic rings. The van der Waals surface area contributed by atoms with Gasteiger partial charge >= 0.3 is 5.97 Å². The maximum Gasteiger partial charge on any atom is 0.304 e. The topological polar surface area (TPSA) is 76.0 Å². The predicted molar refractivity (Wildman–Crippen MR) is 74.6 cm³/mol. The quantitative estimate of drug-likeness (QED) is 0.883. The number of hydrogen-bond acceptors (Lipinski definition) is 4. The van der Waals surface area contributed by atoms with Crippen molar-refractivity contribution in [2.45, 2.75) is 31.1 Å². The summed E-state index contributed by atoms with van der Waals surface area (Å²) in [5, 5.41) is 19.5. The van der Waals surface area contributed by atoms with Crippen LogP contribution in [0.1, 0.15) is 31.2 Å². The SMILES string of the molecule is O=C(O)CC1(c2c(O)c(Br)cc3c2OCCCO3)CC1. The summed E-state index contributed by atoms with van der Waals surface area (Å²) >= 11 is 3.30. The average molecular weight is 343 g/mol. The molecule has 1 aliphatic carbocycles. The van der Waals surface area contributed by atoms with Gasteiger partial charge in [0, 0.05) is 23.5 Å². The Labute approximate surface area is 124 Å². The lowest BCUT2D eigenvalue weighted by molar-refractivity contribution is -0.137. The second-order valence-electron chi connectivity index (χ2n) is 5.31. The fraction of sp³-hybridized carbons (Fsp3) is 0.500.